The first kappa shape index (κ1) is 14.7. The monoisotopic (exact) mass is 342 g/mol. The lowest BCUT2D eigenvalue weighted by atomic mass is 10.2. The minimum atomic E-state index is 0.0581. The molecule has 5 heteroatoms. The van der Waals surface area contributed by atoms with Gasteiger partial charge in [0, 0.05) is 35.2 Å². The molecule has 1 aliphatic heterocycles. The van der Waals surface area contributed by atoms with Gasteiger partial charge in [0.05, 0.1) is 5.56 Å². The van der Waals surface area contributed by atoms with Crippen molar-refractivity contribution in [3.05, 3.63) is 77.1 Å². The van der Waals surface area contributed by atoms with E-state index in [1.807, 2.05) is 70.2 Å². The van der Waals surface area contributed by atoms with Crippen molar-refractivity contribution >= 4 is 34.8 Å². The van der Waals surface area contributed by atoms with E-state index in [2.05, 4.69) is 0 Å². The molecule has 0 saturated carbocycles. The molecule has 0 spiro atoms. The molecular weight excluding hydrogens is 328 g/mol. The van der Waals surface area contributed by atoms with E-state index in [0.717, 1.165) is 28.9 Å². The summed E-state index contributed by atoms with van der Waals surface area (Å²) >= 11 is 7.76. The van der Waals surface area contributed by atoms with Crippen LogP contribution in [0, 0.1) is 0 Å². The largest absolute Gasteiger partial charge is 0.323 e. The van der Waals surface area contributed by atoms with Crippen molar-refractivity contribution in [3.8, 4) is 0 Å². The highest BCUT2D eigenvalue weighted by Crippen LogP contribution is 2.39. The molecule has 0 bridgehead atoms. The number of halogens is 1. The van der Waals surface area contributed by atoms with Gasteiger partial charge >= 0.3 is 0 Å². The molecule has 3 aromatic rings. The Balaban J connectivity index is 1.65. The normalized spacial score (nSPS) is 17.8. The molecule has 1 atom stereocenters. The molecule has 1 unspecified atom stereocenters. The van der Waals surface area contributed by atoms with Crippen LogP contribution in [-0.2, 0) is 0 Å². The molecular formula is C18H15ClN2OS. The second-order valence-electron chi connectivity index (χ2n) is 5.53. The average molecular weight is 343 g/mol. The van der Waals surface area contributed by atoms with E-state index in [0.29, 0.717) is 5.02 Å². The fraction of sp³-hybridized carbons (Fsp3) is 0.167. The molecule has 1 aliphatic rings. The van der Waals surface area contributed by atoms with Crippen LogP contribution in [0.1, 0.15) is 21.3 Å². The van der Waals surface area contributed by atoms with Crippen LogP contribution in [0.3, 0.4) is 0 Å². The van der Waals surface area contributed by atoms with Crippen molar-refractivity contribution in [1.82, 2.24) is 9.30 Å². The highest BCUT2D eigenvalue weighted by atomic mass is 35.5. The summed E-state index contributed by atoms with van der Waals surface area (Å²) in [7, 11) is 0. The van der Waals surface area contributed by atoms with E-state index in [-0.39, 0.29) is 11.3 Å². The van der Waals surface area contributed by atoms with E-state index in [1.165, 1.54) is 0 Å². The molecule has 1 fully saturated rings. The molecule has 116 valence electrons. The maximum absolute atomic E-state index is 12.9. The van der Waals surface area contributed by atoms with Crippen molar-refractivity contribution in [3.63, 3.8) is 0 Å². The molecule has 3 nitrogen and oxygen atoms in total. The van der Waals surface area contributed by atoms with Crippen LogP contribution < -0.4 is 0 Å². The van der Waals surface area contributed by atoms with Gasteiger partial charge in [-0.15, -0.1) is 11.8 Å². The second kappa shape index (κ2) is 5.95. The number of benzene rings is 1. The van der Waals surface area contributed by atoms with Crippen molar-refractivity contribution in [2.45, 2.75) is 5.37 Å². The highest BCUT2D eigenvalue weighted by molar-refractivity contribution is 7.99. The van der Waals surface area contributed by atoms with Gasteiger partial charge in [-0.2, -0.15) is 0 Å². The van der Waals surface area contributed by atoms with Crippen molar-refractivity contribution in [1.29, 1.82) is 0 Å². The van der Waals surface area contributed by atoms with Crippen LogP contribution in [0.15, 0.2) is 60.9 Å². The van der Waals surface area contributed by atoms with Crippen LogP contribution in [0.4, 0.5) is 0 Å². The Kier molecular flexibility index (Phi) is 3.79. The summed E-state index contributed by atoms with van der Waals surface area (Å²) in [6.07, 6.45) is 3.86. The number of amides is 1. The summed E-state index contributed by atoms with van der Waals surface area (Å²) in [5.41, 5.74) is 2.89. The van der Waals surface area contributed by atoms with Gasteiger partial charge in [0.2, 0.25) is 0 Å². The number of carbonyl (C=O) groups excluding carboxylic acids is 1. The van der Waals surface area contributed by atoms with Crippen molar-refractivity contribution < 1.29 is 4.79 Å². The van der Waals surface area contributed by atoms with Gasteiger partial charge in [-0.05, 0) is 35.9 Å². The Bertz CT molecular complexity index is 826. The maximum atomic E-state index is 12.9. The molecule has 4 rings (SSSR count). The topological polar surface area (TPSA) is 24.7 Å². The van der Waals surface area contributed by atoms with Gasteiger partial charge < -0.3 is 9.30 Å². The minimum Gasteiger partial charge on any atom is -0.323 e. The fourth-order valence-corrected chi connectivity index (χ4v) is 4.30. The van der Waals surface area contributed by atoms with Crippen molar-refractivity contribution in [2.24, 2.45) is 0 Å². The number of rotatable bonds is 2. The SMILES string of the molecule is O=C(c1cc2ccccn2c1)N1CCSC1c1ccc(Cl)cc1. The van der Waals surface area contributed by atoms with Gasteiger partial charge in [-0.3, -0.25) is 4.79 Å². The summed E-state index contributed by atoms with van der Waals surface area (Å²) < 4.78 is 1.98. The van der Waals surface area contributed by atoms with Crippen molar-refractivity contribution in [2.75, 3.05) is 12.3 Å². The van der Waals surface area contributed by atoms with Crippen LogP contribution >= 0.6 is 23.4 Å². The highest BCUT2D eigenvalue weighted by Gasteiger charge is 2.31. The number of hydrogen-bond donors (Lipinski definition) is 0. The lowest BCUT2D eigenvalue weighted by molar-refractivity contribution is 0.0760. The minimum absolute atomic E-state index is 0.0581. The van der Waals surface area contributed by atoms with Gasteiger partial charge in [0.1, 0.15) is 5.37 Å². The number of thioether (sulfide) groups is 1. The molecule has 3 heterocycles. The zero-order valence-electron chi connectivity index (χ0n) is 12.4. The third kappa shape index (κ3) is 2.73. The van der Waals surface area contributed by atoms with E-state index in [1.54, 1.807) is 11.8 Å². The summed E-state index contributed by atoms with van der Waals surface area (Å²) in [6, 6.07) is 15.7. The first-order valence-corrected chi connectivity index (χ1v) is 8.90. The molecule has 0 N–H and O–H groups in total. The zero-order valence-corrected chi connectivity index (χ0v) is 13.9. The van der Waals surface area contributed by atoms with E-state index in [4.69, 9.17) is 11.6 Å². The first-order chi connectivity index (χ1) is 11.2. The molecule has 2 aromatic heterocycles. The van der Waals surface area contributed by atoms with Gasteiger partial charge in [0.15, 0.2) is 0 Å². The average Bonchev–Trinajstić information content (AvgIpc) is 3.21. The van der Waals surface area contributed by atoms with Gasteiger partial charge in [0.25, 0.3) is 5.91 Å². The van der Waals surface area contributed by atoms with Crippen LogP contribution in [0.2, 0.25) is 5.02 Å². The van der Waals surface area contributed by atoms with Crippen LogP contribution in [0.25, 0.3) is 5.52 Å². The molecule has 1 amide bonds. The Morgan fingerprint density at radius 3 is 2.78 bits per heavy atom. The second-order valence-corrected chi connectivity index (χ2v) is 7.16. The first-order valence-electron chi connectivity index (χ1n) is 7.47. The fourth-order valence-electron chi connectivity index (χ4n) is 2.92. The Hall–Kier alpha value is -1.91. The Labute approximate surface area is 143 Å². The van der Waals surface area contributed by atoms with Crippen LogP contribution in [-0.4, -0.2) is 27.5 Å². The quantitative estimate of drug-likeness (QED) is 0.686. The predicted octanol–water partition coefficient (Wildman–Crippen LogP) is 4.48. The molecule has 1 aromatic carbocycles. The lowest BCUT2D eigenvalue weighted by Gasteiger charge is -2.23. The molecule has 23 heavy (non-hydrogen) atoms. The third-order valence-electron chi connectivity index (χ3n) is 4.06. The summed E-state index contributed by atoms with van der Waals surface area (Å²) in [5.74, 6) is 1.03. The zero-order chi connectivity index (χ0) is 15.8. The summed E-state index contributed by atoms with van der Waals surface area (Å²) in [4.78, 5) is 14.9. The van der Waals surface area contributed by atoms with Gasteiger partial charge in [-0.1, -0.05) is 29.8 Å². The number of aromatic nitrogens is 1. The van der Waals surface area contributed by atoms with Gasteiger partial charge in [-0.25, -0.2) is 0 Å². The molecule has 0 radical (unpaired) electrons. The Morgan fingerprint density at radius 1 is 1.17 bits per heavy atom. The lowest BCUT2D eigenvalue weighted by Crippen LogP contribution is -2.30. The predicted molar refractivity (Wildman–Crippen MR) is 95.1 cm³/mol. The number of nitrogens with zero attached hydrogens (tertiary/aromatic N) is 2. The van der Waals surface area contributed by atoms with E-state index < -0.39 is 0 Å². The van der Waals surface area contributed by atoms with E-state index >= 15 is 0 Å². The number of hydrogen-bond acceptors (Lipinski definition) is 2. The maximum Gasteiger partial charge on any atom is 0.256 e. The van der Waals surface area contributed by atoms with E-state index in [9.17, 15) is 4.79 Å². The molecule has 0 aliphatic carbocycles. The summed E-state index contributed by atoms with van der Waals surface area (Å²) in [6.45, 7) is 0.767. The standard InChI is InChI=1S/C18H15ClN2OS/c19-15-6-4-13(5-7-15)18-21(9-10-23-18)17(22)14-11-16-3-1-2-8-20(16)12-14/h1-8,11-12,18H,9-10H2. The smallest absolute Gasteiger partial charge is 0.256 e. The molecule has 1 saturated heterocycles. The third-order valence-corrected chi connectivity index (χ3v) is 5.57. The number of fused-ring (bicyclic) bond motifs is 1. The van der Waals surface area contributed by atoms with Crippen LogP contribution in [0.5, 0.6) is 0 Å². The number of carbonyl (C=O) groups is 1. The Morgan fingerprint density at radius 2 is 2.00 bits per heavy atom. The number of pyridine rings is 1. The summed E-state index contributed by atoms with van der Waals surface area (Å²) in [5, 5.41) is 0.774.